The Bertz CT molecular complexity index is 1860. The molecule has 0 spiro atoms. The summed E-state index contributed by atoms with van der Waals surface area (Å²) in [6.45, 7) is 0. The normalized spacial score (nSPS) is 18.0. The molecule has 0 saturated carbocycles. The first-order valence-corrected chi connectivity index (χ1v) is 16.1. The smallest absolute Gasteiger partial charge is 0.324 e. The molecule has 0 saturated heterocycles. The maximum Gasteiger partial charge on any atom is 0.598 e. The van der Waals surface area contributed by atoms with Crippen molar-refractivity contribution in [3.63, 3.8) is 0 Å². The second kappa shape index (κ2) is 16.7. The van der Waals surface area contributed by atoms with E-state index in [4.69, 9.17) is 0 Å². The lowest BCUT2D eigenvalue weighted by Gasteiger charge is -2.48. The Hall–Kier alpha value is -3.12. The predicted octanol–water partition coefficient (Wildman–Crippen LogP) is 14.4. The van der Waals surface area contributed by atoms with E-state index >= 15 is 4.39 Å². The summed E-state index contributed by atoms with van der Waals surface area (Å²) >= 11 is 0. The summed E-state index contributed by atoms with van der Waals surface area (Å²) in [7, 11) is -12.4. The quantitative estimate of drug-likeness (QED) is 0.0953. The third-order valence-corrected chi connectivity index (χ3v) is 10.3. The maximum atomic E-state index is 15.1. The van der Waals surface area contributed by atoms with E-state index in [0.29, 0.717) is 4.43 Å². The van der Waals surface area contributed by atoms with Crippen molar-refractivity contribution < 1.29 is 215 Å². The third kappa shape index (κ3) is 9.00. The van der Waals surface area contributed by atoms with E-state index in [1.54, 1.807) is 0 Å². The number of halogens is 46. The molecule has 0 N–H and O–H groups in total. The molecule has 1 unspecified atom stereocenters. The van der Waals surface area contributed by atoms with Crippen molar-refractivity contribution in [2.75, 3.05) is 0 Å². The number of alkyl halides is 46. The van der Waals surface area contributed by atoms with Gasteiger partial charge in [-0.1, -0.05) is 0 Å². The van der Waals surface area contributed by atoms with Gasteiger partial charge in [-0.2, -0.15) is 202 Å². The molecular formula is C21F46O3Si. The molecule has 0 bridgehead atoms. The standard InChI is InChI=1S/C21F46O3Si/c22-1(23,2(24,25)4(28,29)6(32,33)8(36,37)10(40,41)12(44,45)14(47,48)49)3(26,27)5(30,31)7(34,35)9(38,39)11(42,43)13(46,15(50,51)52)68-71(21(66,67)18(59,60)61,69-19(62,63)16(53,54)55)70-20(64,65)17(56,57)58. The van der Waals surface area contributed by atoms with Crippen molar-refractivity contribution in [3.8, 4) is 0 Å². The molecule has 0 aromatic rings. The van der Waals surface area contributed by atoms with Crippen LogP contribution in [0.5, 0.6) is 0 Å². The summed E-state index contributed by atoms with van der Waals surface area (Å²) in [6, 6.07) is 0. The van der Waals surface area contributed by atoms with E-state index in [1.807, 2.05) is 0 Å². The fraction of sp³-hybridized carbons (Fsp3) is 1.00. The Morgan fingerprint density at radius 3 is 0.507 bits per heavy atom. The van der Waals surface area contributed by atoms with Crippen LogP contribution in [-0.2, 0) is 13.3 Å². The van der Waals surface area contributed by atoms with Crippen LogP contribution in [0.3, 0.4) is 0 Å². The van der Waals surface area contributed by atoms with Crippen LogP contribution < -0.4 is 0 Å². The zero-order valence-corrected chi connectivity index (χ0v) is 30.6. The minimum atomic E-state index is -12.4. The van der Waals surface area contributed by atoms with Crippen LogP contribution >= 0.6 is 0 Å². The molecular weight excluding hydrogens is 1200 g/mol. The van der Waals surface area contributed by atoms with Gasteiger partial charge in [-0.3, -0.25) is 0 Å². The molecule has 0 fully saturated rings. The molecule has 0 rings (SSSR count). The van der Waals surface area contributed by atoms with Gasteiger partial charge in [0.05, 0.1) is 0 Å². The van der Waals surface area contributed by atoms with Gasteiger partial charge in [0.2, 0.25) is 0 Å². The number of hydrogen-bond acceptors (Lipinski definition) is 3. The van der Waals surface area contributed by atoms with E-state index in [9.17, 15) is 198 Å². The third-order valence-electron chi connectivity index (χ3n) is 7.66. The summed E-state index contributed by atoms with van der Waals surface area (Å²) in [5, 5.41) is 0. The van der Waals surface area contributed by atoms with Crippen LogP contribution in [0.15, 0.2) is 0 Å². The molecule has 50 heteroatoms. The van der Waals surface area contributed by atoms with E-state index < -0.39 is 134 Å². The van der Waals surface area contributed by atoms with E-state index in [2.05, 4.69) is 0 Å². The number of rotatable bonds is 19. The second-order valence-electron chi connectivity index (χ2n) is 12.4. The van der Waals surface area contributed by atoms with Crippen LogP contribution in [-0.4, -0.2) is 134 Å². The van der Waals surface area contributed by atoms with E-state index in [-0.39, 0.29) is 0 Å². The lowest BCUT2D eigenvalue weighted by Crippen LogP contribution is -2.81. The van der Waals surface area contributed by atoms with Crippen LogP contribution in [0.1, 0.15) is 0 Å². The Labute approximate surface area is 351 Å². The first-order valence-electron chi connectivity index (χ1n) is 14.4. The van der Waals surface area contributed by atoms with Gasteiger partial charge in [0.25, 0.3) is 0 Å². The molecule has 1 atom stereocenters. The fourth-order valence-corrected chi connectivity index (χ4v) is 6.10. The van der Waals surface area contributed by atoms with E-state index in [1.165, 1.54) is 0 Å². The molecule has 0 aliphatic rings. The van der Waals surface area contributed by atoms with Crippen LogP contribution in [0.4, 0.5) is 202 Å². The highest BCUT2D eigenvalue weighted by atomic mass is 28.4. The highest BCUT2D eigenvalue weighted by Crippen LogP contribution is 2.70. The van der Waals surface area contributed by atoms with Crippen molar-refractivity contribution in [2.24, 2.45) is 0 Å². The number of hydrogen-bond donors (Lipinski definition) is 0. The van der Waals surface area contributed by atoms with Gasteiger partial charge in [0, 0.05) is 0 Å². The zero-order valence-electron chi connectivity index (χ0n) is 29.6. The van der Waals surface area contributed by atoms with Crippen molar-refractivity contribution >= 4 is 8.80 Å². The molecule has 0 heterocycles. The topological polar surface area (TPSA) is 27.7 Å². The fourth-order valence-electron chi connectivity index (χ4n) is 3.72. The summed E-state index contributed by atoms with van der Waals surface area (Å²) in [5.74, 6) is -136. The molecule has 428 valence electrons. The first-order chi connectivity index (χ1) is 29.6. The Balaban J connectivity index is 8.85. The lowest BCUT2D eigenvalue weighted by atomic mass is 9.83. The monoisotopic (exact) mass is 1200 g/mol. The van der Waals surface area contributed by atoms with Gasteiger partial charge in [-0.05, 0) is 0 Å². The predicted molar refractivity (Wildman–Crippen MR) is 117 cm³/mol. The molecule has 3 nitrogen and oxygen atoms in total. The van der Waals surface area contributed by atoms with Crippen molar-refractivity contribution in [1.29, 1.82) is 0 Å². The van der Waals surface area contributed by atoms with Crippen molar-refractivity contribution in [3.05, 3.63) is 0 Å². The van der Waals surface area contributed by atoms with Crippen LogP contribution in [0.25, 0.3) is 0 Å². The van der Waals surface area contributed by atoms with Gasteiger partial charge in [0.15, 0.2) is 0 Å². The second-order valence-corrected chi connectivity index (χ2v) is 14.8. The highest BCUT2D eigenvalue weighted by molar-refractivity contribution is 6.64. The molecule has 0 aliphatic carbocycles. The lowest BCUT2D eigenvalue weighted by molar-refractivity contribution is -0.496. The Morgan fingerprint density at radius 2 is 0.352 bits per heavy atom. The van der Waals surface area contributed by atoms with Crippen LogP contribution in [0.2, 0.25) is 0 Å². The summed E-state index contributed by atoms with van der Waals surface area (Å²) < 4.78 is 627. The molecule has 71 heavy (non-hydrogen) atoms. The van der Waals surface area contributed by atoms with E-state index in [0.717, 1.165) is 8.85 Å². The minimum Gasteiger partial charge on any atom is -0.324 e. The molecule has 0 radical (unpaired) electrons. The molecule has 0 amide bonds. The molecule has 0 aliphatic heterocycles. The summed E-state index contributed by atoms with van der Waals surface area (Å²) in [5.41, 5.74) is -9.76. The summed E-state index contributed by atoms with van der Waals surface area (Å²) in [6.07, 6.45) is -63.3. The van der Waals surface area contributed by atoms with Gasteiger partial charge < -0.3 is 13.3 Å². The average Bonchev–Trinajstić information content (AvgIpc) is 3.07. The van der Waals surface area contributed by atoms with Crippen molar-refractivity contribution in [2.45, 2.75) is 126 Å². The maximum absolute atomic E-state index is 15.1. The largest absolute Gasteiger partial charge is 0.598 e. The van der Waals surface area contributed by atoms with Gasteiger partial charge in [-0.15, -0.1) is 0 Å². The van der Waals surface area contributed by atoms with Gasteiger partial charge in [0.1, 0.15) is 0 Å². The van der Waals surface area contributed by atoms with Gasteiger partial charge >= 0.3 is 134 Å². The minimum absolute atomic E-state index is 0.666. The van der Waals surface area contributed by atoms with Crippen LogP contribution in [0, 0.1) is 0 Å². The molecule has 0 aromatic heterocycles. The zero-order chi connectivity index (χ0) is 59.1. The molecule has 0 aromatic carbocycles. The Kier molecular flexibility index (Phi) is 16.0. The average molecular weight is 1200 g/mol. The Morgan fingerprint density at radius 1 is 0.169 bits per heavy atom. The first kappa shape index (κ1) is 67.9. The van der Waals surface area contributed by atoms with Crippen molar-refractivity contribution in [1.82, 2.24) is 0 Å². The SMILES string of the molecule is FC(F)(F)C(F)(F)O[Si](OC(F)(F)C(F)(F)F)(OC(F)(C(F)(F)F)C(F)(F)C(F)(F)C(F)(F)C(F)(F)C(F)(F)C(F)(F)C(F)(F)C(F)(F)C(F)(F)C(F)(F)C(F)(F)C(F)(F)C(F)(F)F)C(F)(F)C(F)(F)F. The summed E-state index contributed by atoms with van der Waals surface area (Å²) in [4.78, 5) is 0. The highest BCUT2D eigenvalue weighted by Gasteiger charge is 3.02. The van der Waals surface area contributed by atoms with Gasteiger partial charge in [-0.25, -0.2) is 0 Å².